The molecule has 1 aromatic rings. The van der Waals surface area contributed by atoms with Gasteiger partial charge in [0, 0.05) is 0 Å². The van der Waals surface area contributed by atoms with E-state index in [1.165, 1.54) is 20.1 Å². The summed E-state index contributed by atoms with van der Waals surface area (Å²) < 4.78 is 43.9. The van der Waals surface area contributed by atoms with Crippen LogP contribution in [0.5, 0.6) is 5.75 Å². The second-order valence-electron chi connectivity index (χ2n) is 4.35. The molecule has 0 bridgehead atoms. The van der Waals surface area contributed by atoms with E-state index in [1.807, 2.05) is 0 Å². The number of halogens is 3. The molecule has 1 aliphatic carbocycles. The Morgan fingerprint density at radius 1 is 1.31 bits per heavy atom. The van der Waals surface area contributed by atoms with Gasteiger partial charge in [-0.2, -0.15) is 13.2 Å². The van der Waals surface area contributed by atoms with Gasteiger partial charge in [0.2, 0.25) is 0 Å². The predicted molar refractivity (Wildman–Crippen MR) is 54.7 cm³/mol. The quantitative estimate of drug-likeness (QED) is 0.717. The third kappa shape index (κ3) is 1.47. The van der Waals surface area contributed by atoms with Crippen molar-refractivity contribution in [2.45, 2.75) is 31.4 Å². The van der Waals surface area contributed by atoms with Gasteiger partial charge < -0.3 is 4.74 Å². The highest BCUT2D eigenvalue weighted by atomic mass is 19.4. The van der Waals surface area contributed by atoms with Crippen molar-refractivity contribution in [2.75, 3.05) is 7.11 Å². The maximum atomic E-state index is 13.0. The minimum atomic E-state index is -4.19. The van der Waals surface area contributed by atoms with Crippen molar-refractivity contribution in [3.05, 3.63) is 29.3 Å². The van der Waals surface area contributed by atoms with E-state index in [1.54, 1.807) is 12.1 Å². The third-order valence-corrected chi connectivity index (χ3v) is 3.43. The Morgan fingerprint density at radius 2 is 2.00 bits per heavy atom. The number of benzene rings is 1. The van der Waals surface area contributed by atoms with Gasteiger partial charge in [-0.25, -0.2) is 0 Å². The Labute approximate surface area is 92.2 Å². The van der Waals surface area contributed by atoms with Crippen LogP contribution in [0, 0.1) is 0 Å². The van der Waals surface area contributed by atoms with Gasteiger partial charge in [-0.15, -0.1) is 0 Å². The van der Waals surface area contributed by atoms with Gasteiger partial charge >= 0.3 is 6.18 Å². The van der Waals surface area contributed by atoms with E-state index in [9.17, 15) is 13.2 Å². The summed E-state index contributed by atoms with van der Waals surface area (Å²) >= 11 is 0. The molecule has 0 N–H and O–H groups in total. The molecular formula is C12H13F3O. The van der Waals surface area contributed by atoms with Gasteiger partial charge in [0.1, 0.15) is 5.75 Å². The van der Waals surface area contributed by atoms with E-state index in [4.69, 9.17) is 4.74 Å². The monoisotopic (exact) mass is 230 g/mol. The lowest BCUT2D eigenvalue weighted by Crippen LogP contribution is -2.37. The largest absolute Gasteiger partial charge is 0.497 e. The maximum Gasteiger partial charge on any atom is 0.398 e. The van der Waals surface area contributed by atoms with E-state index in [0.717, 1.165) is 5.56 Å². The molecule has 0 amide bonds. The van der Waals surface area contributed by atoms with Crippen LogP contribution in [0.15, 0.2) is 18.2 Å². The van der Waals surface area contributed by atoms with Gasteiger partial charge in [-0.05, 0) is 43.0 Å². The molecule has 0 radical (unpaired) electrons. The van der Waals surface area contributed by atoms with Crippen molar-refractivity contribution in [2.24, 2.45) is 0 Å². The summed E-state index contributed by atoms with van der Waals surface area (Å²) in [6, 6.07) is 4.83. The molecule has 1 nitrogen and oxygen atoms in total. The average molecular weight is 230 g/mol. The average Bonchev–Trinajstić information content (AvgIpc) is 2.56. The minimum absolute atomic E-state index is 0.124. The molecule has 0 saturated carbocycles. The van der Waals surface area contributed by atoms with Gasteiger partial charge in [0.15, 0.2) is 0 Å². The summed E-state index contributed by atoms with van der Waals surface area (Å²) in [6.45, 7) is 1.27. The second kappa shape index (κ2) is 3.40. The maximum absolute atomic E-state index is 13.0. The second-order valence-corrected chi connectivity index (χ2v) is 4.35. The van der Waals surface area contributed by atoms with Crippen LogP contribution in [0.3, 0.4) is 0 Å². The fourth-order valence-corrected chi connectivity index (χ4v) is 2.26. The van der Waals surface area contributed by atoms with Crippen molar-refractivity contribution < 1.29 is 17.9 Å². The summed E-state index contributed by atoms with van der Waals surface area (Å²) in [5.41, 5.74) is -0.561. The molecule has 0 aromatic heterocycles. The third-order valence-electron chi connectivity index (χ3n) is 3.43. The lowest BCUT2D eigenvalue weighted by Gasteiger charge is -2.28. The van der Waals surface area contributed by atoms with E-state index in [0.29, 0.717) is 17.7 Å². The zero-order valence-electron chi connectivity index (χ0n) is 9.19. The van der Waals surface area contributed by atoms with Crippen molar-refractivity contribution in [3.8, 4) is 5.75 Å². The van der Waals surface area contributed by atoms with Gasteiger partial charge in [0.25, 0.3) is 0 Å². The molecule has 1 aliphatic rings. The number of rotatable bonds is 1. The number of methoxy groups -OCH3 is 1. The highest BCUT2D eigenvalue weighted by molar-refractivity contribution is 5.44. The molecule has 16 heavy (non-hydrogen) atoms. The van der Waals surface area contributed by atoms with E-state index >= 15 is 0 Å². The molecule has 0 fully saturated rings. The first-order valence-electron chi connectivity index (χ1n) is 5.12. The number of alkyl halides is 3. The smallest absolute Gasteiger partial charge is 0.398 e. The van der Waals surface area contributed by atoms with Gasteiger partial charge in [-0.1, -0.05) is 6.07 Å². The Bertz CT molecular complexity index is 411. The lowest BCUT2D eigenvalue weighted by molar-refractivity contribution is -0.184. The van der Waals surface area contributed by atoms with E-state index in [-0.39, 0.29) is 6.42 Å². The molecule has 1 atom stereocenters. The SMILES string of the molecule is COc1ccc2c(c1)CCC2(C)C(F)(F)F. The van der Waals surface area contributed by atoms with Crippen LogP contribution < -0.4 is 4.74 Å². The molecule has 1 aromatic carbocycles. The lowest BCUT2D eigenvalue weighted by atomic mass is 9.83. The molecule has 0 spiro atoms. The Kier molecular flexibility index (Phi) is 2.40. The zero-order chi connectivity index (χ0) is 12.0. The minimum Gasteiger partial charge on any atom is -0.497 e. The molecule has 0 saturated heterocycles. The molecule has 2 rings (SSSR count). The van der Waals surface area contributed by atoms with Crippen LogP contribution in [-0.2, 0) is 11.8 Å². The Hall–Kier alpha value is -1.19. The van der Waals surface area contributed by atoms with Crippen molar-refractivity contribution in [3.63, 3.8) is 0 Å². The number of hydrogen-bond donors (Lipinski definition) is 0. The predicted octanol–water partition coefficient (Wildman–Crippen LogP) is 3.46. The summed E-state index contributed by atoms with van der Waals surface area (Å²) in [4.78, 5) is 0. The number of aryl methyl sites for hydroxylation is 1. The Morgan fingerprint density at radius 3 is 2.56 bits per heavy atom. The van der Waals surface area contributed by atoms with Crippen molar-refractivity contribution in [1.29, 1.82) is 0 Å². The Balaban J connectivity index is 2.48. The highest BCUT2D eigenvalue weighted by Crippen LogP contribution is 2.50. The first-order chi connectivity index (χ1) is 7.38. The van der Waals surface area contributed by atoms with E-state index < -0.39 is 11.6 Å². The first kappa shape index (κ1) is 11.3. The summed E-state index contributed by atoms with van der Waals surface area (Å²) in [7, 11) is 1.51. The standard InChI is InChI=1S/C12H13F3O/c1-11(12(13,14)15)6-5-8-7-9(16-2)3-4-10(8)11/h3-4,7H,5-6H2,1-2H3. The molecular weight excluding hydrogens is 217 g/mol. The fraction of sp³-hybridized carbons (Fsp3) is 0.500. The fourth-order valence-electron chi connectivity index (χ4n) is 2.26. The molecule has 0 heterocycles. The van der Waals surface area contributed by atoms with Crippen LogP contribution in [0.1, 0.15) is 24.5 Å². The highest BCUT2D eigenvalue weighted by Gasteiger charge is 2.54. The van der Waals surface area contributed by atoms with Crippen LogP contribution in [0.4, 0.5) is 13.2 Å². The summed E-state index contributed by atoms with van der Waals surface area (Å²) in [5, 5.41) is 0. The molecule has 4 heteroatoms. The van der Waals surface area contributed by atoms with E-state index in [2.05, 4.69) is 0 Å². The van der Waals surface area contributed by atoms with Gasteiger partial charge in [-0.3, -0.25) is 0 Å². The van der Waals surface area contributed by atoms with Crippen molar-refractivity contribution >= 4 is 0 Å². The normalized spacial score (nSPS) is 24.3. The first-order valence-corrected chi connectivity index (χ1v) is 5.12. The van der Waals surface area contributed by atoms with Crippen LogP contribution in [0.2, 0.25) is 0 Å². The summed E-state index contributed by atoms with van der Waals surface area (Å²) in [6.07, 6.45) is -3.60. The van der Waals surface area contributed by atoms with Crippen LogP contribution in [-0.4, -0.2) is 13.3 Å². The number of ether oxygens (including phenoxy) is 1. The molecule has 0 aliphatic heterocycles. The van der Waals surface area contributed by atoms with Gasteiger partial charge in [0.05, 0.1) is 12.5 Å². The zero-order valence-corrected chi connectivity index (χ0v) is 9.19. The van der Waals surface area contributed by atoms with Crippen molar-refractivity contribution in [1.82, 2.24) is 0 Å². The van der Waals surface area contributed by atoms with Crippen LogP contribution in [0.25, 0.3) is 0 Å². The number of fused-ring (bicyclic) bond motifs is 1. The topological polar surface area (TPSA) is 9.23 Å². The number of hydrogen-bond acceptors (Lipinski definition) is 1. The molecule has 1 unspecified atom stereocenters. The molecule has 88 valence electrons. The summed E-state index contributed by atoms with van der Waals surface area (Å²) in [5.74, 6) is 0.616. The van der Waals surface area contributed by atoms with Crippen LogP contribution >= 0.6 is 0 Å².